The number of rotatable bonds is 0. The Balaban J connectivity index is 2.43. The quantitative estimate of drug-likeness (QED) is 0.649. The maximum atomic E-state index is 6.18. The highest BCUT2D eigenvalue weighted by molar-refractivity contribution is 5.96. The number of benzene rings is 2. The van der Waals surface area contributed by atoms with Crippen LogP contribution in [0.5, 0.6) is 5.75 Å². The first-order chi connectivity index (χ1) is 8.49. The monoisotopic (exact) mass is 238 g/mol. The number of aryl methyl sites for hydroxylation is 1. The maximum absolute atomic E-state index is 6.18. The van der Waals surface area contributed by atoms with Gasteiger partial charge in [0.15, 0.2) is 0 Å². The lowest BCUT2D eigenvalue weighted by atomic mass is 9.91. The predicted octanol–water partition coefficient (Wildman–Crippen LogP) is 4.64. The highest BCUT2D eigenvalue weighted by Crippen LogP contribution is 2.41. The van der Waals surface area contributed by atoms with E-state index in [4.69, 9.17) is 4.74 Å². The average molecular weight is 238 g/mol. The molecule has 92 valence electrons. The second kappa shape index (κ2) is 3.61. The molecule has 0 unspecified atom stereocenters. The van der Waals surface area contributed by atoms with E-state index in [-0.39, 0.29) is 5.60 Å². The zero-order valence-corrected chi connectivity index (χ0v) is 11.4. The van der Waals surface area contributed by atoms with Crippen LogP contribution in [-0.2, 0) is 0 Å². The molecular formula is C17H18O. The molecule has 1 heteroatoms. The Bertz CT molecular complexity index is 663. The first-order valence-electron chi connectivity index (χ1n) is 6.40. The van der Waals surface area contributed by atoms with E-state index in [0.29, 0.717) is 0 Å². The molecule has 1 aliphatic heterocycles. The lowest BCUT2D eigenvalue weighted by Gasteiger charge is -2.30. The minimum Gasteiger partial charge on any atom is -0.482 e. The third kappa shape index (κ3) is 1.54. The Hall–Kier alpha value is -1.76. The minimum absolute atomic E-state index is 0.225. The van der Waals surface area contributed by atoms with E-state index in [0.717, 1.165) is 5.75 Å². The van der Waals surface area contributed by atoms with Crippen molar-refractivity contribution in [2.45, 2.75) is 33.3 Å². The molecule has 0 atom stereocenters. The topological polar surface area (TPSA) is 9.23 Å². The van der Waals surface area contributed by atoms with Gasteiger partial charge in [-0.15, -0.1) is 0 Å². The number of ether oxygens (including phenoxy) is 1. The molecule has 1 heterocycles. The van der Waals surface area contributed by atoms with Crippen molar-refractivity contribution in [3.63, 3.8) is 0 Å². The summed E-state index contributed by atoms with van der Waals surface area (Å²) in [5, 5.41) is 2.51. The number of hydrogen-bond donors (Lipinski definition) is 0. The first kappa shape index (κ1) is 11.3. The summed E-state index contributed by atoms with van der Waals surface area (Å²) in [4.78, 5) is 0. The Labute approximate surface area is 108 Å². The van der Waals surface area contributed by atoms with Crippen molar-refractivity contribution in [3.8, 4) is 5.75 Å². The average Bonchev–Trinajstić information content (AvgIpc) is 2.35. The molecule has 1 nitrogen and oxygen atoms in total. The van der Waals surface area contributed by atoms with E-state index in [1.165, 1.54) is 27.5 Å². The first-order valence-corrected chi connectivity index (χ1v) is 6.40. The Kier molecular flexibility index (Phi) is 2.28. The number of hydrogen-bond acceptors (Lipinski definition) is 1. The van der Waals surface area contributed by atoms with Crippen molar-refractivity contribution in [1.29, 1.82) is 0 Å². The van der Waals surface area contributed by atoms with Crippen LogP contribution in [0.3, 0.4) is 0 Å². The standard InChI is InChI=1S/C17H18O/c1-11-12(2)14-9-10-17(3,4)18-16(14)15-8-6-5-7-13(11)15/h5-10H,1-4H3. The summed E-state index contributed by atoms with van der Waals surface area (Å²) in [5.41, 5.74) is 3.66. The van der Waals surface area contributed by atoms with E-state index in [1.807, 2.05) is 0 Å². The van der Waals surface area contributed by atoms with Crippen molar-refractivity contribution >= 4 is 16.8 Å². The van der Waals surface area contributed by atoms with Gasteiger partial charge < -0.3 is 4.74 Å². The van der Waals surface area contributed by atoms with Gasteiger partial charge in [-0.3, -0.25) is 0 Å². The van der Waals surface area contributed by atoms with Gasteiger partial charge in [0.2, 0.25) is 0 Å². The summed E-state index contributed by atoms with van der Waals surface area (Å²) in [6.07, 6.45) is 4.34. The van der Waals surface area contributed by atoms with Gasteiger partial charge in [0.05, 0.1) is 0 Å². The highest BCUT2D eigenvalue weighted by atomic mass is 16.5. The van der Waals surface area contributed by atoms with Crippen LogP contribution in [0.1, 0.15) is 30.5 Å². The van der Waals surface area contributed by atoms with Crippen LogP contribution in [0, 0.1) is 13.8 Å². The van der Waals surface area contributed by atoms with Gasteiger partial charge in [-0.25, -0.2) is 0 Å². The molecule has 3 rings (SSSR count). The van der Waals surface area contributed by atoms with E-state index in [2.05, 4.69) is 64.1 Å². The van der Waals surface area contributed by atoms with Gasteiger partial charge in [-0.2, -0.15) is 0 Å². The second-order valence-electron chi connectivity index (χ2n) is 5.58. The molecule has 0 amide bonds. The van der Waals surface area contributed by atoms with E-state index in [1.54, 1.807) is 0 Å². The lowest BCUT2D eigenvalue weighted by molar-refractivity contribution is 0.161. The zero-order chi connectivity index (χ0) is 12.9. The molecule has 0 spiro atoms. The molecule has 0 saturated heterocycles. The largest absolute Gasteiger partial charge is 0.482 e. The summed E-state index contributed by atoms with van der Waals surface area (Å²) in [6, 6.07) is 8.49. The fourth-order valence-corrected chi connectivity index (χ4v) is 2.62. The SMILES string of the molecule is Cc1c2c(c3ccccc3c1C)OC(C)(C)C=C2. The molecule has 0 bridgehead atoms. The molecule has 0 radical (unpaired) electrons. The van der Waals surface area contributed by atoms with Gasteiger partial charge in [0.25, 0.3) is 0 Å². The van der Waals surface area contributed by atoms with Crippen LogP contribution in [-0.4, -0.2) is 5.60 Å². The van der Waals surface area contributed by atoms with Crippen molar-refractivity contribution in [2.24, 2.45) is 0 Å². The molecule has 0 aliphatic carbocycles. The molecule has 2 aromatic carbocycles. The Morgan fingerprint density at radius 2 is 1.61 bits per heavy atom. The molecular weight excluding hydrogens is 220 g/mol. The van der Waals surface area contributed by atoms with Crippen LogP contribution >= 0.6 is 0 Å². The van der Waals surface area contributed by atoms with E-state index < -0.39 is 0 Å². The van der Waals surface area contributed by atoms with E-state index in [9.17, 15) is 0 Å². The normalized spacial score (nSPS) is 16.4. The third-order valence-corrected chi connectivity index (χ3v) is 3.80. The van der Waals surface area contributed by atoms with E-state index >= 15 is 0 Å². The summed E-state index contributed by atoms with van der Waals surface area (Å²) >= 11 is 0. The Morgan fingerprint density at radius 3 is 2.33 bits per heavy atom. The maximum Gasteiger partial charge on any atom is 0.135 e. The summed E-state index contributed by atoms with van der Waals surface area (Å²) in [6.45, 7) is 8.55. The third-order valence-electron chi connectivity index (χ3n) is 3.80. The fraction of sp³-hybridized carbons (Fsp3) is 0.294. The predicted molar refractivity (Wildman–Crippen MR) is 77.2 cm³/mol. The van der Waals surface area contributed by atoms with Gasteiger partial charge in [-0.05, 0) is 50.3 Å². The van der Waals surface area contributed by atoms with Crippen LogP contribution in [0.15, 0.2) is 30.3 Å². The summed E-state index contributed by atoms with van der Waals surface area (Å²) in [7, 11) is 0. The minimum atomic E-state index is -0.225. The van der Waals surface area contributed by atoms with Crippen molar-refractivity contribution < 1.29 is 4.74 Å². The van der Waals surface area contributed by atoms with Crippen LogP contribution in [0.4, 0.5) is 0 Å². The molecule has 0 aromatic heterocycles. The smallest absolute Gasteiger partial charge is 0.135 e. The summed E-state index contributed by atoms with van der Waals surface area (Å²) in [5.74, 6) is 1.03. The van der Waals surface area contributed by atoms with Gasteiger partial charge in [0.1, 0.15) is 11.4 Å². The highest BCUT2D eigenvalue weighted by Gasteiger charge is 2.25. The number of fused-ring (bicyclic) bond motifs is 3. The Morgan fingerprint density at radius 1 is 0.944 bits per heavy atom. The fourth-order valence-electron chi connectivity index (χ4n) is 2.62. The zero-order valence-electron chi connectivity index (χ0n) is 11.4. The van der Waals surface area contributed by atoms with Crippen LogP contribution < -0.4 is 4.74 Å². The lowest BCUT2D eigenvalue weighted by Crippen LogP contribution is -2.28. The molecule has 0 saturated carbocycles. The molecule has 1 aliphatic rings. The summed E-state index contributed by atoms with van der Waals surface area (Å²) < 4.78 is 6.18. The van der Waals surface area contributed by atoms with Gasteiger partial charge in [0, 0.05) is 10.9 Å². The van der Waals surface area contributed by atoms with Crippen LogP contribution in [0.2, 0.25) is 0 Å². The van der Waals surface area contributed by atoms with Gasteiger partial charge in [-0.1, -0.05) is 30.3 Å². The molecule has 0 N–H and O–H groups in total. The van der Waals surface area contributed by atoms with Crippen molar-refractivity contribution in [3.05, 3.63) is 47.0 Å². The molecule has 18 heavy (non-hydrogen) atoms. The van der Waals surface area contributed by atoms with Crippen molar-refractivity contribution in [2.75, 3.05) is 0 Å². The molecule has 0 fully saturated rings. The van der Waals surface area contributed by atoms with Gasteiger partial charge >= 0.3 is 0 Å². The molecule has 2 aromatic rings. The second-order valence-corrected chi connectivity index (χ2v) is 5.58. The van der Waals surface area contributed by atoms with Crippen molar-refractivity contribution in [1.82, 2.24) is 0 Å². The van der Waals surface area contributed by atoms with Crippen LogP contribution in [0.25, 0.3) is 16.8 Å².